The number of amides is 1. The van der Waals surface area contributed by atoms with Crippen LogP contribution in [0.2, 0.25) is 0 Å². The first-order valence-electron chi connectivity index (χ1n) is 14.7. The zero-order valence-electron chi connectivity index (χ0n) is 24.6. The van der Waals surface area contributed by atoms with Crippen molar-refractivity contribution in [2.45, 2.75) is 75.3 Å². The second-order valence-corrected chi connectivity index (χ2v) is 14.6. The van der Waals surface area contributed by atoms with E-state index in [4.69, 9.17) is 9.47 Å². The molecule has 1 aromatic heterocycles. The van der Waals surface area contributed by atoms with Crippen LogP contribution in [0.1, 0.15) is 63.2 Å². The highest BCUT2D eigenvalue weighted by atomic mass is 32.2. The molecule has 1 fully saturated rings. The number of hydrogen-bond donors (Lipinski definition) is 2. The van der Waals surface area contributed by atoms with Crippen molar-refractivity contribution in [1.82, 2.24) is 9.80 Å². The third-order valence-electron chi connectivity index (χ3n) is 7.82. The van der Waals surface area contributed by atoms with Crippen LogP contribution < -0.4 is 9.46 Å². The third-order valence-corrected chi connectivity index (χ3v) is 10.6. The van der Waals surface area contributed by atoms with Gasteiger partial charge >= 0.3 is 0 Å². The number of nitrogens with zero attached hydrogens (tertiary/aromatic N) is 2. The average Bonchev–Trinajstić information content (AvgIpc) is 3.55. The van der Waals surface area contributed by atoms with Crippen LogP contribution in [0.15, 0.2) is 39.9 Å². The summed E-state index contributed by atoms with van der Waals surface area (Å²) in [6, 6.07) is 7.58. The van der Waals surface area contributed by atoms with Gasteiger partial charge in [0.15, 0.2) is 0 Å². The number of sulfonamides is 1. The number of aliphatic hydroxyl groups is 1. The van der Waals surface area contributed by atoms with Crippen LogP contribution in [-0.4, -0.2) is 87.4 Å². The van der Waals surface area contributed by atoms with Gasteiger partial charge in [0.1, 0.15) is 9.96 Å². The Hall–Kier alpha value is -2.18. The van der Waals surface area contributed by atoms with E-state index >= 15 is 0 Å². The predicted octanol–water partition coefficient (Wildman–Crippen LogP) is 4.69. The molecule has 1 saturated carbocycles. The molecule has 0 bridgehead atoms. The van der Waals surface area contributed by atoms with Gasteiger partial charge in [-0.25, -0.2) is 8.42 Å². The van der Waals surface area contributed by atoms with Crippen LogP contribution in [0.4, 0.5) is 5.69 Å². The molecule has 41 heavy (non-hydrogen) atoms. The average molecular weight is 608 g/mol. The Morgan fingerprint density at radius 1 is 1.17 bits per heavy atom. The van der Waals surface area contributed by atoms with Crippen molar-refractivity contribution >= 4 is 33.0 Å². The molecule has 2 aliphatic rings. The number of likely N-dealkylation sites (N-methyl/N-ethyl adjacent to an activating group) is 1. The Balaban J connectivity index is 1.65. The van der Waals surface area contributed by atoms with Gasteiger partial charge in [-0.3, -0.25) is 9.52 Å². The number of fused-ring (bicyclic) bond motifs is 1. The minimum Gasteiger partial charge on any atom is -0.490 e. The zero-order chi connectivity index (χ0) is 29.6. The van der Waals surface area contributed by atoms with E-state index in [-0.39, 0.29) is 46.1 Å². The molecule has 2 heterocycles. The van der Waals surface area contributed by atoms with Crippen molar-refractivity contribution in [2.24, 2.45) is 11.8 Å². The number of benzene rings is 1. The van der Waals surface area contributed by atoms with Gasteiger partial charge in [0.25, 0.3) is 15.9 Å². The second-order valence-electron chi connectivity index (χ2n) is 11.7. The molecular formula is C30H45N3O6S2. The fraction of sp³-hybridized carbons (Fsp3) is 0.633. The number of anilines is 1. The lowest BCUT2D eigenvalue weighted by Gasteiger charge is -2.36. The maximum absolute atomic E-state index is 14.2. The van der Waals surface area contributed by atoms with Crippen LogP contribution in [0, 0.1) is 11.8 Å². The fourth-order valence-corrected chi connectivity index (χ4v) is 7.24. The van der Waals surface area contributed by atoms with Gasteiger partial charge in [0.2, 0.25) is 0 Å². The monoisotopic (exact) mass is 607 g/mol. The molecule has 2 aromatic rings. The smallest absolute Gasteiger partial charge is 0.271 e. The number of nitrogens with one attached hydrogen (secondary N) is 1. The van der Waals surface area contributed by atoms with Crippen molar-refractivity contribution < 1.29 is 27.8 Å². The van der Waals surface area contributed by atoms with E-state index in [0.717, 1.165) is 49.6 Å². The summed E-state index contributed by atoms with van der Waals surface area (Å²) in [6.07, 6.45) is 4.98. The maximum atomic E-state index is 14.2. The van der Waals surface area contributed by atoms with Gasteiger partial charge in [-0.05, 0) is 88.6 Å². The molecule has 11 heteroatoms. The van der Waals surface area contributed by atoms with Crippen LogP contribution in [0.5, 0.6) is 5.75 Å². The minimum atomic E-state index is -3.80. The van der Waals surface area contributed by atoms with E-state index in [2.05, 4.69) is 23.6 Å². The topological polar surface area (TPSA) is 108 Å². The predicted molar refractivity (Wildman–Crippen MR) is 162 cm³/mol. The van der Waals surface area contributed by atoms with Gasteiger partial charge in [0.05, 0.1) is 30.4 Å². The lowest BCUT2D eigenvalue weighted by molar-refractivity contribution is -0.0172. The van der Waals surface area contributed by atoms with Crippen molar-refractivity contribution in [3.8, 4) is 5.75 Å². The highest BCUT2D eigenvalue weighted by Gasteiger charge is 2.31. The first kappa shape index (κ1) is 31.7. The normalized spacial score (nSPS) is 23.9. The summed E-state index contributed by atoms with van der Waals surface area (Å²) in [7, 11) is -1.67. The summed E-state index contributed by atoms with van der Waals surface area (Å²) in [5.41, 5.74) is 0.534. The molecule has 4 atom stereocenters. The summed E-state index contributed by atoms with van der Waals surface area (Å²) >= 11 is 1.12. The summed E-state index contributed by atoms with van der Waals surface area (Å²) in [5.74, 6) is 0.852. The number of rotatable bonds is 9. The molecule has 9 nitrogen and oxygen atoms in total. The highest BCUT2D eigenvalue weighted by Crippen LogP contribution is 2.31. The Bertz CT molecular complexity index is 1230. The van der Waals surface area contributed by atoms with Gasteiger partial charge < -0.3 is 24.4 Å². The van der Waals surface area contributed by atoms with Gasteiger partial charge in [0, 0.05) is 37.8 Å². The van der Waals surface area contributed by atoms with Crippen LogP contribution >= 0.6 is 11.3 Å². The molecule has 0 saturated heterocycles. The lowest BCUT2D eigenvalue weighted by Crippen LogP contribution is -2.47. The van der Waals surface area contributed by atoms with E-state index in [9.17, 15) is 18.3 Å². The second kappa shape index (κ2) is 14.3. The summed E-state index contributed by atoms with van der Waals surface area (Å²) in [5, 5.41) is 11.8. The minimum absolute atomic E-state index is 0.00125. The summed E-state index contributed by atoms with van der Waals surface area (Å²) in [6.45, 7) is 8.53. The standard InChI is InChI=1S/C30H45N3O6S2/c1-21-17-33(22(2)20-34)30(35)26-16-25(31-41(36,37)29-9-7-15-40-29)12-13-27(26)39-23(3)8-5-6-14-38-28(21)19-32(4)18-24-10-11-24/h7,9,12-13,15-16,21-24,28,31,34H,5-6,8,10-11,14,17-20H2,1-4H3/t21-,22+,23+,28+/m0/s1. The lowest BCUT2D eigenvalue weighted by atomic mass is 10.0. The maximum Gasteiger partial charge on any atom is 0.271 e. The Labute approximate surface area is 248 Å². The first-order chi connectivity index (χ1) is 19.6. The van der Waals surface area contributed by atoms with Crippen LogP contribution in [0.3, 0.4) is 0 Å². The van der Waals surface area contributed by atoms with E-state index in [0.29, 0.717) is 18.9 Å². The Morgan fingerprint density at radius 2 is 1.95 bits per heavy atom. The number of carbonyl (C=O) groups excluding carboxylic acids is 1. The fourth-order valence-electron chi connectivity index (χ4n) is 5.19. The molecule has 1 amide bonds. The van der Waals surface area contributed by atoms with Gasteiger partial charge in [-0.15, -0.1) is 11.3 Å². The molecule has 1 aliphatic carbocycles. The van der Waals surface area contributed by atoms with Crippen molar-refractivity contribution in [3.05, 3.63) is 41.3 Å². The molecule has 4 rings (SSSR count). The molecule has 1 aliphatic heterocycles. The number of hydrogen-bond acceptors (Lipinski definition) is 8. The van der Waals surface area contributed by atoms with Gasteiger partial charge in [-0.1, -0.05) is 13.0 Å². The molecule has 0 spiro atoms. The third kappa shape index (κ3) is 8.90. The highest BCUT2D eigenvalue weighted by molar-refractivity contribution is 7.94. The van der Waals surface area contributed by atoms with Gasteiger partial charge in [-0.2, -0.15) is 0 Å². The molecule has 228 valence electrons. The summed E-state index contributed by atoms with van der Waals surface area (Å²) < 4.78 is 41.3. The molecule has 0 unspecified atom stereocenters. The van der Waals surface area contributed by atoms with E-state index in [1.807, 2.05) is 13.8 Å². The quantitative estimate of drug-likeness (QED) is 0.426. The zero-order valence-corrected chi connectivity index (χ0v) is 26.3. The van der Waals surface area contributed by atoms with E-state index in [1.165, 1.54) is 18.9 Å². The summed E-state index contributed by atoms with van der Waals surface area (Å²) in [4.78, 5) is 18.2. The molecular weight excluding hydrogens is 562 g/mol. The van der Waals surface area contributed by atoms with Crippen LogP contribution in [-0.2, 0) is 14.8 Å². The first-order valence-corrected chi connectivity index (χ1v) is 17.0. The number of thiophene rings is 1. The Morgan fingerprint density at radius 3 is 2.63 bits per heavy atom. The largest absolute Gasteiger partial charge is 0.490 e. The van der Waals surface area contributed by atoms with Crippen LogP contribution in [0.25, 0.3) is 0 Å². The molecule has 2 N–H and O–H groups in total. The SMILES string of the molecule is C[C@@H]1CCCCO[C@H](CN(C)CC2CC2)[C@@H](C)CN([C@H](C)CO)C(=O)c2cc(NS(=O)(=O)c3cccs3)ccc2O1. The number of carbonyl (C=O) groups is 1. The number of aliphatic hydroxyl groups excluding tert-OH is 1. The number of ether oxygens (including phenoxy) is 2. The molecule has 0 radical (unpaired) electrons. The van der Waals surface area contributed by atoms with Crippen molar-refractivity contribution in [3.63, 3.8) is 0 Å². The van der Waals surface area contributed by atoms with Crippen molar-refractivity contribution in [1.29, 1.82) is 0 Å². The molecule has 1 aromatic carbocycles. The van der Waals surface area contributed by atoms with E-state index < -0.39 is 16.1 Å². The Kier molecular flexibility index (Phi) is 11.1. The van der Waals surface area contributed by atoms with E-state index in [1.54, 1.807) is 34.5 Å². The van der Waals surface area contributed by atoms with Crippen molar-refractivity contribution in [2.75, 3.05) is 44.6 Å².